The van der Waals surface area contributed by atoms with Crippen molar-refractivity contribution in [1.82, 2.24) is 10.6 Å². The highest BCUT2D eigenvalue weighted by molar-refractivity contribution is 5.86. The van der Waals surface area contributed by atoms with Crippen LogP contribution in [0.3, 0.4) is 0 Å². The summed E-state index contributed by atoms with van der Waals surface area (Å²) in [6.45, 7) is 1.31. The van der Waals surface area contributed by atoms with Crippen molar-refractivity contribution >= 4 is 12.0 Å². The van der Waals surface area contributed by atoms with Crippen molar-refractivity contribution in [2.45, 2.75) is 18.4 Å². The summed E-state index contributed by atoms with van der Waals surface area (Å²) in [4.78, 5) is 22.6. The Hall–Kier alpha value is -1.34. The summed E-state index contributed by atoms with van der Waals surface area (Å²) in [5.74, 6) is -1.03. The first-order valence-electron chi connectivity index (χ1n) is 5.18. The Kier molecular flexibility index (Phi) is 4.51. The summed E-state index contributed by atoms with van der Waals surface area (Å²) in [6, 6.07) is -0.505. The Labute approximate surface area is 93.3 Å². The van der Waals surface area contributed by atoms with E-state index in [2.05, 4.69) is 10.6 Å². The molecule has 0 aromatic rings. The van der Waals surface area contributed by atoms with Crippen LogP contribution in [0.1, 0.15) is 12.8 Å². The minimum absolute atomic E-state index is 0.276. The van der Waals surface area contributed by atoms with E-state index >= 15 is 0 Å². The molecule has 0 spiro atoms. The third-order valence-electron chi connectivity index (χ3n) is 2.54. The van der Waals surface area contributed by atoms with Crippen LogP contribution in [0.2, 0.25) is 0 Å². The van der Waals surface area contributed by atoms with Gasteiger partial charge in [0.15, 0.2) is 0 Å². The number of carbonyl (C=O) groups excluding carboxylic acids is 1. The highest BCUT2D eigenvalue weighted by Gasteiger charge is 2.41. The van der Waals surface area contributed by atoms with Gasteiger partial charge in [-0.1, -0.05) is 0 Å². The van der Waals surface area contributed by atoms with Gasteiger partial charge in [0.2, 0.25) is 0 Å². The van der Waals surface area contributed by atoms with Crippen LogP contribution in [0.5, 0.6) is 0 Å². The molecule has 1 fully saturated rings. The maximum absolute atomic E-state index is 11.4. The van der Waals surface area contributed by atoms with Gasteiger partial charge < -0.3 is 26.2 Å². The maximum atomic E-state index is 11.4. The molecule has 92 valence electrons. The number of carbonyl (C=O) groups is 2. The second-order valence-corrected chi connectivity index (χ2v) is 3.67. The van der Waals surface area contributed by atoms with Crippen LogP contribution in [0.4, 0.5) is 4.79 Å². The fraction of sp³-hybridized carbons (Fsp3) is 0.778. The predicted octanol–water partition coefficient (Wildman–Crippen LogP) is -1.12. The van der Waals surface area contributed by atoms with Gasteiger partial charge in [0.25, 0.3) is 0 Å². The van der Waals surface area contributed by atoms with Gasteiger partial charge in [0, 0.05) is 39.1 Å². The van der Waals surface area contributed by atoms with E-state index in [9.17, 15) is 9.59 Å². The molecule has 0 atom stereocenters. The number of rotatable bonds is 4. The van der Waals surface area contributed by atoms with E-state index in [0.717, 1.165) is 0 Å². The van der Waals surface area contributed by atoms with Crippen LogP contribution >= 0.6 is 0 Å². The average molecular weight is 231 g/mol. The van der Waals surface area contributed by atoms with Gasteiger partial charge in [0.05, 0.1) is 0 Å². The predicted molar refractivity (Wildman–Crippen MR) is 56.0 cm³/mol. The second kappa shape index (κ2) is 5.66. The zero-order valence-corrected chi connectivity index (χ0v) is 8.99. The van der Waals surface area contributed by atoms with E-state index in [-0.39, 0.29) is 12.8 Å². The summed E-state index contributed by atoms with van der Waals surface area (Å²) < 4.78 is 5.08. The molecule has 0 saturated carbocycles. The molecule has 7 heteroatoms. The van der Waals surface area contributed by atoms with Crippen molar-refractivity contribution in [1.29, 1.82) is 0 Å². The van der Waals surface area contributed by atoms with Gasteiger partial charge in [-0.15, -0.1) is 0 Å². The molecule has 0 aliphatic carbocycles. The zero-order valence-electron chi connectivity index (χ0n) is 8.99. The number of aliphatic carboxylic acids is 1. The Morgan fingerprint density at radius 3 is 2.50 bits per heavy atom. The molecule has 2 amide bonds. The second-order valence-electron chi connectivity index (χ2n) is 3.67. The lowest BCUT2D eigenvalue weighted by Gasteiger charge is -2.33. The van der Waals surface area contributed by atoms with E-state index in [1.807, 2.05) is 0 Å². The van der Waals surface area contributed by atoms with Gasteiger partial charge in [-0.2, -0.15) is 0 Å². The molecular weight excluding hydrogens is 214 g/mol. The van der Waals surface area contributed by atoms with Crippen LogP contribution in [-0.2, 0) is 9.53 Å². The minimum Gasteiger partial charge on any atom is -0.480 e. The van der Waals surface area contributed by atoms with Crippen LogP contribution in [-0.4, -0.2) is 48.9 Å². The Balaban J connectivity index is 2.56. The smallest absolute Gasteiger partial charge is 0.329 e. The summed E-state index contributed by atoms with van der Waals surface area (Å²) in [6.07, 6.45) is 0.552. The maximum Gasteiger partial charge on any atom is 0.329 e. The molecular formula is C9H17N3O4. The van der Waals surface area contributed by atoms with E-state index < -0.39 is 17.5 Å². The quantitative estimate of drug-likeness (QED) is 0.489. The van der Waals surface area contributed by atoms with Crippen LogP contribution < -0.4 is 16.4 Å². The topological polar surface area (TPSA) is 114 Å². The lowest BCUT2D eigenvalue weighted by Crippen LogP contribution is -2.59. The molecule has 16 heavy (non-hydrogen) atoms. The van der Waals surface area contributed by atoms with Gasteiger partial charge >= 0.3 is 12.0 Å². The number of hydrogen-bond acceptors (Lipinski definition) is 4. The number of carboxylic acid groups (broad SMARTS) is 1. The van der Waals surface area contributed by atoms with Crippen molar-refractivity contribution in [2.24, 2.45) is 5.73 Å². The molecule has 5 N–H and O–H groups in total. The summed E-state index contributed by atoms with van der Waals surface area (Å²) in [7, 11) is 0. The van der Waals surface area contributed by atoms with Crippen molar-refractivity contribution in [3.8, 4) is 0 Å². The number of hydrogen-bond donors (Lipinski definition) is 4. The first kappa shape index (κ1) is 12.7. The van der Waals surface area contributed by atoms with E-state index in [1.165, 1.54) is 0 Å². The van der Waals surface area contributed by atoms with E-state index in [0.29, 0.717) is 26.3 Å². The van der Waals surface area contributed by atoms with Crippen molar-refractivity contribution in [3.05, 3.63) is 0 Å². The minimum atomic E-state index is -1.21. The average Bonchev–Trinajstić information content (AvgIpc) is 2.27. The molecule has 1 saturated heterocycles. The number of nitrogens with two attached hydrogens (primary N) is 1. The van der Waals surface area contributed by atoms with Crippen LogP contribution in [0.25, 0.3) is 0 Å². The molecule has 0 radical (unpaired) electrons. The Bertz CT molecular complexity index is 263. The summed E-state index contributed by atoms with van der Waals surface area (Å²) >= 11 is 0. The van der Waals surface area contributed by atoms with Gasteiger partial charge in [-0.05, 0) is 0 Å². The molecule has 0 unspecified atom stereocenters. The molecule has 1 rings (SSSR count). The first-order valence-corrected chi connectivity index (χ1v) is 5.18. The molecule has 1 aliphatic rings. The fourth-order valence-corrected chi connectivity index (χ4v) is 1.56. The van der Waals surface area contributed by atoms with E-state index in [1.54, 1.807) is 0 Å². The molecule has 0 bridgehead atoms. The highest BCUT2D eigenvalue weighted by Crippen LogP contribution is 2.20. The monoisotopic (exact) mass is 231 g/mol. The Morgan fingerprint density at radius 2 is 2.00 bits per heavy atom. The van der Waals surface area contributed by atoms with E-state index in [4.69, 9.17) is 15.6 Å². The zero-order chi connectivity index (χ0) is 12.0. The molecule has 0 aromatic carbocycles. The molecule has 7 nitrogen and oxygen atoms in total. The number of amides is 2. The number of urea groups is 1. The summed E-state index contributed by atoms with van der Waals surface area (Å²) in [5.41, 5.74) is 4.01. The van der Waals surface area contributed by atoms with Crippen LogP contribution in [0, 0.1) is 0 Å². The summed E-state index contributed by atoms with van der Waals surface area (Å²) in [5, 5.41) is 14.1. The third kappa shape index (κ3) is 3.07. The highest BCUT2D eigenvalue weighted by atomic mass is 16.5. The molecule has 1 aliphatic heterocycles. The standard InChI is InChI=1S/C9H17N3O4/c10-3-4-11-8(15)12-9(7(13)14)1-5-16-6-2-9/h1-6,10H2,(H,13,14)(H2,11,12,15). The number of ether oxygens (including phenoxy) is 1. The van der Waals surface area contributed by atoms with Gasteiger partial charge in [0.1, 0.15) is 5.54 Å². The first-order chi connectivity index (χ1) is 7.60. The van der Waals surface area contributed by atoms with Crippen molar-refractivity contribution < 1.29 is 19.4 Å². The van der Waals surface area contributed by atoms with Gasteiger partial charge in [-0.25, -0.2) is 9.59 Å². The third-order valence-corrected chi connectivity index (χ3v) is 2.54. The van der Waals surface area contributed by atoms with Crippen molar-refractivity contribution in [3.63, 3.8) is 0 Å². The van der Waals surface area contributed by atoms with Crippen LogP contribution in [0.15, 0.2) is 0 Å². The number of nitrogens with one attached hydrogen (secondary N) is 2. The SMILES string of the molecule is NCCNC(=O)NC1(C(=O)O)CCOCC1. The fourth-order valence-electron chi connectivity index (χ4n) is 1.56. The lowest BCUT2D eigenvalue weighted by molar-refractivity contribution is -0.148. The number of carboxylic acids is 1. The van der Waals surface area contributed by atoms with Gasteiger partial charge in [-0.3, -0.25) is 0 Å². The van der Waals surface area contributed by atoms with Crippen molar-refractivity contribution in [2.75, 3.05) is 26.3 Å². The molecule has 1 heterocycles. The molecule has 0 aromatic heterocycles. The normalized spacial score (nSPS) is 18.8. The largest absolute Gasteiger partial charge is 0.480 e. The Morgan fingerprint density at radius 1 is 1.38 bits per heavy atom. The lowest BCUT2D eigenvalue weighted by atomic mass is 9.90.